The Hall–Kier alpha value is -4.94. The second-order valence-electron chi connectivity index (χ2n) is 7.56. The van der Waals surface area contributed by atoms with E-state index in [4.69, 9.17) is 9.47 Å². The van der Waals surface area contributed by atoms with Gasteiger partial charge in [-0.3, -0.25) is 4.79 Å². The molecule has 0 aliphatic carbocycles. The number of nitrogens with one attached hydrogen (secondary N) is 1. The maximum Gasteiger partial charge on any atom is 0.266 e. The number of hydrogen-bond donors (Lipinski definition) is 5. The Kier molecular flexibility index (Phi) is 7.84. The van der Waals surface area contributed by atoms with Crippen molar-refractivity contribution in [3.8, 4) is 34.8 Å². The SMILES string of the molecule is COc1cc(/C=C/C=C(\C#N)NC(=O)C(O)(c2ccccc2)c2ccc(O)c(O)c2)cc(OC)c1O. The fraction of sp³-hybridized carbons (Fsp3) is 0.111. The average molecular weight is 488 g/mol. The Morgan fingerprint density at radius 2 is 1.58 bits per heavy atom. The number of benzene rings is 3. The van der Waals surface area contributed by atoms with Crippen LogP contribution in [0.1, 0.15) is 16.7 Å². The zero-order chi connectivity index (χ0) is 26.3. The molecule has 3 aromatic rings. The summed E-state index contributed by atoms with van der Waals surface area (Å²) in [5.41, 5.74) is -1.71. The van der Waals surface area contributed by atoms with E-state index in [1.54, 1.807) is 36.4 Å². The van der Waals surface area contributed by atoms with Crippen LogP contribution in [-0.2, 0) is 10.4 Å². The van der Waals surface area contributed by atoms with Crippen molar-refractivity contribution in [1.29, 1.82) is 5.26 Å². The van der Waals surface area contributed by atoms with Crippen molar-refractivity contribution < 1.29 is 34.7 Å². The highest BCUT2D eigenvalue weighted by Gasteiger charge is 2.40. The summed E-state index contributed by atoms with van der Waals surface area (Å²) in [6.45, 7) is 0. The van der Waals surface area contributed by atoms with Gasteiger partial charge in [0.05, 0.1) is 14.2 Å². The third-order valence-corrected chi connectivity index (χ3v) is 5.34. The number of allylic oxidation sites excluding steroid dienone is 3. The molecule has 0 aromatic heterocycles. The number of hydrogen-bond acceptors (Lipinski definition) is 8. The molecule has 1 unspecified atom stereocenters. The third-order valence-electron chi connectivity index (χ3n) is 5.34. The number of phenols is 3. The fourth-order valence-corrected chi connectivity index (χ4v) is 3.44. The van der Waals surface area contributed by atoms with Gasteiger partial charge in [0.15, 0.2) is 28.6 Å². The van der Waals surface area contributed by atoms with Gasteiger partial charge in [0, 0.05) is 5.56 Å². The van der Waals surface area contributed by atoms with E-state index in [9.17, 15) is 30.5 Å². The second-order valence-corrected chi connectivity index (χ2v) is 7.56. The quantitative estimate of drug-likeness (QED) is 0.184. The van der Waals surface area contributed by atoms with E-state index in [2.05, 4.69) is 5.32 Å². The van der Waals surface area contributed by atoms with Crippen LogP contribution in [0.25, 0.3) is 6.08 Å². The molecule has 0 saturated heterocycles. The summed E-state index contributed by atoms with van der Waals surface area (Å²) in [4.78, 5) is 13.3. The maximum absolute atomic E-state index is 13.3. The van der Waals surface area contributed by atoms with Crippen molar-refractivity contribution in [1.82, 2.24) is 5.32 Å². The van der Waals surface area contributed by atoms with Gasteiger partial charge in [0.25, 0.3) is 5.91 Å². The molecule has 0 aliphatic rings. The second kappa shape index (κ2) is 11.0. The number of rotatable bonds is 8. The van der Waals surface area contributed by atoms with Gasteiger partial charge in [-0.05, 0) is 41.5 Å². The predicted octanol–water partition coefficient (Wildman–Crippen LogP) is 3.29. The molecule has 0 saturated carbocycles. The van der Waals surface area contributed by atoms with Crippen LogP contribution in [0.3, 0.4) is 0 Å². The van der Waals surface area contributed by atoms with E-state index in [0.29, 0.717) is 5.56 Å². The maximum atomic E-state index is 13.3. The molecule has 1 atom stereocenters. The number of aromatic hydroxyl groups is 3. The molecule has 0 radical (unpaired) electrons. The first-order chi connectivity index (χ1) is 17.2. The van der Waals surface area contributed by atoms with Crippen molar-refractivity contribution in [2.45, 2.75) is 5.60 Å². The standard InChI is InChI=1S/C27H24N2O7/c1-35-23-13-17(14-24(36-2)25(23)32)7-6-10-20(16-28)29-26(33)27(34,18-8-4-3-5-9-18)19-11-12-21(30)22(31)15-19/h3-15,30-32,34H,1-2H3,(H,29,33)/b7-6+,20-10+. The summed E-state index contributed by atoms with van der Waals surface area (Å²) in [5.74, 6) is -1.66. The highest BCUT2D eigenvalue weighted by molar-refractivity contribution is 5.92. The number of aliphatic hydroxyl groups is 1. The van der Waals surface area contributed by atoms with Crippen molar-refractivity contribution in [2.24, 2.45) is 0 Å². The van der Waals surface area contributed by atoms with Gasteiger partial charge >= 0.3 is 0 Å². The average Bonchev–Trinajstić information content (AvgIpc) is 2.90. The largest absolute Gasteiger partial charge is 0.504 e. The minimum Gasteiger partial charge on any atom is -0.504 e. The zero-order valence-corrected chi connectivity index (χ0v) is 19.5. The molecule has 0 heterocycles. The summed E-state index contributed by atoms with van der Waals surface area (Å²) in [7, 11) is 2.79. The summed E-state index contributed by atoms with van der Waals surface area (Å²) < 4.78 is 10.2. The number of nitriles is 1. The number of nitrogens with zero attached hydrogens (tertiary/aromatic N) is 1. The van der Waals surface area contributed by atoms with Crippen LogP contribution in [0.2, 0.25) is 0 Å². The zero-order valence-electron chi connectivity index (χ0n) is 19.5. The summed E-state index contributed by atoms with van der Waals surface area (Å²) >= 11 is 0. The van der Waals surface area contributed by atoms with Crippen molar-refractivity contribution in [3.05, 3.63) is 95.2 Å². The topological polar surface area (TPSA) is 152 Å². The molecule has 0 bridgehead atoms. The molecule has 3 rings (SSSR count). The van der Waals surface area contributed by atoms with Gasteiger partial charge in [-0.15, -0.1) is 0 Å². The molecule has 9 heteroatoms. The first kappa shape index (κ1) is 25.7. The lowest BCUT2D eigenvalue weighted by Gasteiger charge is -2.28. The van der Waals surface area contributed by atoms with Crippen LogP contribution in [0.15, 0.2) is 78.5 Å². The molecular weight excluding hydrogens is 464 g/mol. The molecule has 3 aromatic carbocycles. The Bertz CT molecular complexity index is 1340. The fourth-order valence-electron chi connectivity index (χ4n) is 3.44. The lowest BCUT2D eigenvalue weighted by atomic mass is 9.85. The minimum atomic E-state index is -2.29. The molecular formula is C27H24N2O7. The van der Waals surface area contributed by atoms with Crippen LogP contribution in [0.5, 0.6) is 28.7 Å². The monoisotopic (exact) mass is 488 g/mol. The smallest absolute Gasteiger partial charge is 0.266 e. The van der Waals surface area contributed by atoms with E-state index in [-0.39, 0.29) is 34.1 Å². The van der Waals surface area contributed by atoms with Gasteiger partial charge in [0.2, 0.25) is 5.75 Å². The van der Waals surface area contributed by atoms with Crippen molar-refractivity contribution in [3.63, 3.8) is 0 Å². The van der Waals surface area contributed by atoms with Crippen LogP contribution >= 0.6 is 0 Å². The molecule has 1 amide bonds. The Balaban J connectivity index is 1.93. The molecule has 0 spiro atoms. The number of carbonyl (C=O) groups is 1. The first-order valence-electron chi connectivity index (χ1n) is 10.6. The van der Waals surface area contributed by atoms with Gasteiger partial charge < -0.3 is 35.2 Å². The van der Waals surface area contributed by atoms with E-state index in [1.165, 1.54) is 44.6 Å². The Labute approximate surface area is 207 Å². The highest BCUT2D eigenvalue weighted by atomic mass is 16.5. The first-order valence-corrected chi connectivity index (χ1v) is 10.6. The van der Waals surface area contributed by atoms with E-state index in [1.807, 2.05) is 6.07 Å². The van der Waals surface area contributed by atoms with Crippen LogP contribution in [0, 0.1) is 11.3 Å². The van der Waals surface area contributed by atoms with E-state index >= 15 is 0 Å². The van der Waals surface area contributed by atoms with Crippen molar-refractivity contribution in [2.75, 3.05) is 14.2 Å². The van der Waals surface area contributed by atoms with E-state index in [0.717, 1.165) is 12.1 Å². The highest BCUT2D eigenvalue weighted by Crippen LogP contribution is 2.38. The van der Waals surface area contributed by atoms with Crippen LogP contribution in [-0.4, -0.2) is 40.6 Å². The predicted molar refractivity (Wildman–Crippen MR) is 131 cm³/mol. The molecule has 5 N–H and O–H groups in total. The third kappa shape index (κ3) is 5.24. The summed E-state index contributed by atoms with van der Waals surface area (Å²) in [6.07, 6.45) is 4.40. The minimum absolute atomic E-state index is 0.0161. The Morgan fingerprint density at radius 1 is 0.944 bits per heavy atom. The van der Waals surface area contributed by atoms with Gasteiger partial charge in [0.1, 0.15) is 11.8 Å². The number of amides is 1. The van der Waals surface area contributed by atoms with Gasteiger partial charge in [-0.25, -0.2) is 0 Å². The van der Waals surface area contributed by atoms with Gasteiger partial charge in [-0.2, -0.15) is 5.26 Å². The number of phenolic OH excluding ortho intramolecular Hbond substituents is 3. The van der Waals surface area contributed by atoms with Crippen LogP contribution < -0.4 is 14.8 Å². The molecule has 0 aliphatic heterocycles. The lowest BCUT2D eigenvalue weighted by Crippen LogP contribution is -2.44. The lowest BCUT2D eigenvalue weighted by molar-refractivity contribution is -0.135. The normalized spacial score (nSPS) is 13.0. The molecule has 0 fully saturated rings. The molecule has 184 valence electrons. The van der Waals surface area contributed by atoms with Crippen molar-refractivity contribution >= 4 is 12.0 Å². The molecule has 9 nitrogen and oxygen atoms in total. The Morgan fingerprint density at radius 3 is 2.14 bits per heavy atom. The van der Waals surface area contributed by atoms with Crippen LogP contribution in [0.4, 0.5) is 0 Å². The number of ether oxygens (including phenoxy) is 2. The van der Waals surface area contributed by atoms with Gasteiger partial charge in [-0.1, -0.05) is 48.6 Å². The molecule has 36 heavy (non-hydrogen) atoms. The summed E-state index contributed by atoms with van der Waals surface area (Å²) in [6, 6.07) is 16.5. The number of methoxy groups -OCH3 is 2. The van der Waals surface area contributed by atoms with E-state index < -0.39 is 23.0 Å². The summed E-state index contributed by atoms with van der Waals surface area (Å²) in [5, 5.41) is 53.1. The number of carbonyl (C=O) groups excluding carboxylic acids is 1.